The van der Waals surface area contributed by atoms with E-state index < -0.39 is 0 Å². The van der Waals surface area contributed by atoms with Crippen molar-refractivity contribution in [3.8, 4) is 0 Å². The molecular formula is C11H15NO. The van der Waals surface area contributed by atoms with Crippen LogP contribution in [0.5, 0.6) is 0 Å². The monoisotopic (exact) mass is 177 g/mol. The predicted octanol–water partition coefficient (Wildman–Crippen LogP) is 1.67. The number of rotatable bonds is 4. The van der Waals surface area contributed by atoms with Gasteiger partial charge in [0.25, 0.3) is 0 Å². The molecule has 2 N–H and O–H groups in total. The molecule has 0 bridgehead atoms. The average molecular weight is 177 g/mol. The first-order valence-electron chi connectivity index (χ1n) is 4.58. The van der Waals surface area contributed by atoms with Crippen LogP contribution in [0.1, 0.15) is 24.5 Å². The van der Waals surface area contributed by atoms with Crippen molar-refractivity contribution in [2.45, 2.75) is 26.2 Å². The van der Waals surface area contributed by atoms with Gasteiger partial charge in [0.05, 0.1) is 0 Å². The third-order valence-corrected chi connectivity index (χ3v) is 2.09. The fourth-order valence-electron chi connectivity index (χ4n) is 1.21. The molecule has 2 heteroatoms. The third kappa shape index (κ3) is 3.28. The van der Waals surface area contributed by atoms with Gasteiger partial charge < -0.3 is 5.73 Å². The molecule has 0 aromatic heterocycles. The van der Waals surface area contributed by atoms with Gasteiger partial charge >= 0.3 is 0 Å². The first-order valence-corrected chi connectivity index (χ1v) is 4.58. The molecule has 0 aliphatic carbocycles. The van der Waals surface area contributed by atoms with E-state index in [9.17, 15) is 4.79 Å². The van der Waals surface area contributed by atoms with Crippen molar-refractivity contribution in [1.29, 1.82) is 0 Å². The van der Waals surface area contributed by atoms with Crippen LogP contribution in [-0.2, 0) is 17.6 Å². The summed E-state index contributed by atoms with van der Waals surface area (Å²) >= 11 is 0. The molecule has 0 atom stereocenters. The molecule has 13 heavy (non-hydrogen) atoms. The molecule has 0 aliphatic rings. The first-order chi connectivity index (χ1) is 6.22. The van der Waals surface area contributed by atoms with E-state index in [-0.39, 0.29) is 5.91 Å². The predicted molar refractivity (Wildman–Crippen MR) is 53.3 cm³/mol. The maximum absolute atomic E-state index is 10.5. The Labute approximate surface area is 78.8 Å². The zero-order valence-corrected chi connectivity index (χ0v) is 7.92. The van der Waals surface area contributed by atoms with Crippen LogP contribution in [0.2, 0.25) is 0 Å². The highest BCUT2D eigenvalue weighted by Gasteiger charge is 1.96. The van der Waals surface area contributed by atoms with E-state index in [1.807, 2.05) is 0 Å². The maximum Gasteiger partial charge on any atom is 0.217 e. The Hall–Kier alpha value is -1.31. The highest BCUT2D eigenvalue weighted by Crippen LogP contribution is 2.06. The minimum atomic E-state index is -0.237. The van der Waals surface area contributed by atoms with Crippen molar-refractivity contribution in [3.63, 3.8) is 0 Å². The smallest absolute Gasteiger partial charge is 0.217 e. The Morgan fingerprint density at radius 2 is 1.77 bits per heavy atom. The number of carbonyl (C=O) groups is 1. The van der Waals surface area contributed by atoms with E-state index in [1.165, 1.54) is 11.1 Å². The second kappa shape index (κ2) is 4.65. The molecule has 1 rings (SSSR count). The summed E-state index contributed by atoms with van der Waals surface area (Å²) in [6, 6.07) is 8.30. The van der Waals surface area contributed by atoms with Gasteiger partial charge in [0, 0.05) is 6.42 Å². The fraction of sp³-hybridized carbons (Fsp3) is 0.364. The summed E-state index contributed by atoms with van der Waals surface area (Å²) in [5.41, 5.74) is 7.56. The van der Waals surface area contributed by atoms with E-state index in [0.717, 1.165) is 12.8 Å². The molecule has 0 unspecified atom stereocenters. The number of hydrogen-bond donors (Lipinski definition) is 1. The van der Waals surface area contributed by atoms with Crippen LogP contribution < -0.4 is 5.73 Å². The van der Waals surface area contributed by atoms with Crippen LogP contribution in [0, 0.1) is 0 Å². The molecule has 1 aromatic rings. The van der Waals surface area contributed by atoms with Crippen LogP contribution in [0.4, 0.5) is 0 Å². The first kappa shape index (κ1) is 9.78. The van der Waals surface area contributed by atoms with Crippen molar-refractivity contribution >= 4 is 5.91 Å². The summed E-state index contributed by atoms with van der Waals surface area (Å²) in [6.07, 6.45) is 2.24. The molecule has 2 nitrogen and oxygen atoms in total. The van der Waals surface area contributed by atoms with Crippen molar-refractivity contribution < 1.29 is 4.79 Å². The van der Waals surface area contributed by atoms with Gasteiger partial charge in [0.1, 0.15) is 0 Å². The Morgan fingerprint density at radius 3 is 2.23 bits per heavy atom. The molecule has 0 fully saturated rings. The maximum atomic E-state index is 10.5. The molecule has 0 radical (unpaired) electrons. The molecule has 0 spiro atoms. The van der Waals surface area contributed by atoms with Gasteiger partial charge in [-0.25, -0.2) is 0 Å². The molecule has 0 heterocycles. The molecule has 0 saturated carbocycles. The largest absolute Gasteiger partial charge is 0.370 e. The average Bonchev–Trinajstić information content (AvgIpc) is 2.15. The zero-order valence-electron chi connectivity index (χ0n) is 7.92. The van der Waals surface area contributed by atoms with E-state index >= 15 is 0 Å². The lowest BCUT2D eigenvalue weighted by Crippen LogP contribution is -2.11. The molecule has 1 amide bonds. The molecule has 1 aromatic carbocycles. The lowest BCUT2D eigenvalue weighted by atomic mass is 10.1. The van der Waals surface area contributed by atoms with Crippen molar-refractivity contribution in [3.05, 3.63) is 35.4 Å². The number of nitrogens with two attached hydrogens (primary N) is 1. The highest BCUT2D eigenvalue weighted by molar-refractivity contribution is 5.73. The summed E-state index contributed by atoms with van der Waals surface area (Å²) in [5, 5.41) is 0. The molecule has 0 aliphatic heterocycles. The van der Waals surface area contributed by atoms with Gasteiger partial charge in [-0.1, -0.05) is 31.2 Å². The fourth-order valence-corrected chi connectivity index (χ4v) is 1.21. The lowest BCUT2D eigenvalue weighted by Gasteiger charge is -2.00. The normalized spacial score (nSPS) is 9.92. The Morgan fingerprint density at radius 1 is 1.23 bits per heavy atom. The van der Waals surface area contributed by atoms with E-state index in [2.05, 4.69) is 31.2 Å². The van der Waals surface area contributed by atoms with Gasteiger partial charge in [-0.05, 0) is 24.0 Å². The van der Waals surface area contributed by atoms with Crippen molar-refractivity contribution in [1.82, 2.24) is 0 Å². The van der Waals surface area contributed by atoms with E-state index in [1.54, 1.807) is 0 Å². The highest BCUT2D eigenvalue weighted by atomic mass is 16.1. The van der Waals surface area contributed by atoms with Crippen molar-refractivity contribution in [2.24, 2.45) is 5.73 Å². The standard InChI is InChI=1S/C11H15NO/c1-2-9-3-5-10(6-4-9)7-8-11(12)13/h3-6H,2,7-8H2,1H3,(H2,12,13). The summed E-state index contributed by atoms with van der Waals surface area (Å²) in [5.74, 6) is -0.237. The summed E-state index contributed by atoms with van der Waals surface area (Å²) in [7, 11) is 0. The SMILES string of the molecule is CCc1ccc(CCC(N)=O)cc1. The quantitative estimate of drug-likeness (QED) is 0.746. The van der Waals surface area contributed by atoms with E-state index in [0.29, 0.717) is 6.42 Å². The minimum absolute atomic E-state index is 0.237. The van der Waals surface area contributed by atoms with Crippen LogP contribution in [-0.4, -0.2) is 5.91 Å². The number of benzene rings is 1. The minimum Gasteiger partial charge on any atom is -0.370 e. The number of hydrogen-bond acceptors (Lipinski definition) is 1. The van der Waals surface area contributed by atoms with Crippen LogP contribution in [0.25, 0.3) is 0 Å². The van der Waals surface area contributed by atoms with Crippen molar-refractivity contribution in [2.75, 3.05) is 0 Å². The Kier molecular flexibility index (Phi) is 3.50. The Bertz CT molecular complexity index is 277. The second-order valence-corrected chi connectivity index (χ2v) is 3.14. The van der Waals surface area contributed by atoms with Crippen LogP contribution in [0.3, 0.4) is 0 Å². The molecule has 70 valence electrons. The Balaban J connectivity index is 2.54. The third-order valence-electron chi connectivity index (χ3n) is 2.09. The van der Waals surface area contributed by atoms with Crippen LogP contribution >= 0.6 is 0 Å². The van der Waals surface area contributed by atoms with Gasteiger partial charge in [-0.3, -0.25) is 4.79 Å². The number of amides is 1. The van der Waals surface area contributed by atoms with E-state index in [4.69, 9.17) is 5.73 Å². The molecular weight excluding hydrogens is 162 g/mol. The lowest BCUT2D eigenvalue weighted by molar-refractivity contribution is -0.117. The van der Waals surface area contributed by atoms with Gasteiger partial charge in [0.15, 0.2) is 0 Å². The number of primary amides is 1. The number of aryl methyl sites for hydroxylation is 2. The van der Waals surface area contributed by atoms with Gasteiger partial charge in [0.2, 0.25) is 5.91 Å². The second-order valence-electron chi connectivity index (χ2n) is 3.14. The number of carbonyl (C=O) groups excluding carboxylic acids is 1. The summed E-state index contributed by atoms with van der Waals surface area (Å²) in [6.45, 7) is 2.12. The van der Waals surface area contributed by atoms with Gasteiger partial charge in [-0.2, -0.15) is 0 Å². The van der Waals surface area contributed by atoms with Gasteiger partial charge in [-0.15, -0.1) is 0 Å². The zero-order chi connectivity index (χ0) is 9.68. The topological polar surface area (TPSA) is 43.1 Å². The van der Waals surface area contributed by atoms with Crippen LogP contribution in [0.15, 0.2) is 24.3 Å². The summed E-state index contributed by atoms with van der Waals surface area (Å²) < 4.78 is 0. The summed E-state index contributed by atoms with van der Waals surface area (Å²) in [4.78, 5) is 10.5. The molecule has 0 saturated heterocycles.